The van der Waals surface area contributed by atoms with Gasteiger partial charge in [-0.1, -0.05) is 18.2 Å². The molecule has 2 amide bonds. The lowest BCUT2D eigenvalue weighted by Crippen LogP contribution is -2.31. The van der Waals surface area contributed by atoms with Crippen LogP contribution in [0.5, 0.6) is 0 Å². The molecule has 5 heterocycles. The number of nitrogens with zero attached hydrogens (tertiary/aromatic N) is 8. The molecule has 0 spiro atoms. The number of aromatic nitrogens is 7. The topological polar surface area (TPSA) is 104 Å². The zero-order valence-corrected chi connectivity index (χ0v) is 22.0. The number of imide groups is 1. The molecule has 2 aromatic carbocycles. The molecule has 0 saturated carbocycles. The fourth-order valence-corrected chi connectivity index (χ4v) is 5.49. The first-order chi connectivity index (χ1) is 20.0. The average Bonchev–Trinajstić information content (AvgIpc) is 3.75. The van der Waals surface area contributed by atoms with E-state index >= 15 is 0 Å². The summed E-state index contributed by atoms with van der Waals surface area (Å²) < 4.78 is 20.2. The number of fused-ring (bicyclic) bond motifs is 2. The number of rotatable bonds is 7. The summed E-state index contributed by atoms with van der Waals surface area (Å²) in [7, 11) is 1.71. The predicted molar refractivity (Wildman–Crippen MR) is 151 cm³/mol. The van der Waals surface area contributed by atoms with E-state index < -0.39 is 17.6 Å². The smallest absolute Gasteiger partial charge is 0.268 e. The van der Waals surface area contributed by atoms with Gasteiger partial charge in [0.1, 0.15) is 11.5 Å². The normalized spacial score (nSPS) is 13.9. The highest BCUT2D eigenvalue weighted by Gasteiger charge is 2.43. The molecule has 41 heavy (non-hydrogen) atoms. The van der Waals surface area contributed by atoms with Crippen molar-refractivity contribution in [1.29, 1.82) is 0 Å². The molecular formula is C30H23FN8O2. The second-order valence-corrected chi connectivity index (χ2v) is 9.82. The van der Waals surface area contributed by atoms with E-state index in [0.29, 0.717) is 39.9 Å². The van der Waals surface area contributed by atoms with Gasteiger partial charge in [-0.3, -0.25) is 9.59 Å². The van der Waals surface area contributed by atoms with Crippen LogP contribution in [0.2, 0.25) is 0 Å². The van der Waals surface area contributed by atoms with Crippen LogP contribution in [0.15, 0.2) is 85.7 Å². The molecule has 0 bridgehead atoms. The maximum atomic E-state index is 14.7. The van der Waals surface area contributed by atoms with Crippen molar-refractivity contribution in [3.8, 4) is 0 Å². The SMILES string of the molecule is Cn1nc(C2=C(c3cn(CCCn4ccnc4)c4ccc(F)cc34)C(=O)N(c3ccccc3)C2=O)c2ccnnc21. The van der Waals surface area contributed by atoms with Crippen molar-refractivity contribution >= 4 is 50.6 Å². The summed E-state index contributed by atoms with van der Waals surface area (Å²) in [4.78, 5) is 33.6. The Balaban J connectivity index is 1.44. The van der Waals surface area contributed by atoms with Gasteiger partial charge in [-0.2, -0.15) is 10.2 Å². The summed E-state index contributed by atoms with van der Waals surface area (Å²) in [6.45, 7) is 1.35. The molecule has 11 heteroatoms. The van der Waals surface area contributed by atoms with Crippen LogP contribution in [0.1, 0.15) is 17.7 Å². The summed E-state index contributed by atoms with van der Waals surface area (Å²) >= 11 is 0. The standard InChI is InChI=1S/C30H23FN8O2/c1-36-28-21(10-11-33-34-28)27(35-36)26-25(29(40)39(30(26)41)20-6-3-2-4-7-20)23-17-38(14-5-13-37-15-12-32-18-37)24-9-8-19(31)16-22(23)24/h2-4,6-12,15-18H,5,13-14H2,1H3. The van der Waals surface area contributed by atoms with Crippen molar-refractivity contribution in [3.05, 3.63) is 103 Å². The molecule has 0 saturated heterocycles. The van der Waals surface area contributed by atoms with E-state index in [4.69, 9.17) is 0 Å². The van der Waals surface area contributed by atoms with Gasteiger partial charge in [0.05, 0.1) is 34.7 Å². The molecule has 0 fully saturated rings. The Morgan fingerprint density at radius 1 is 0.902 bits per heavy atom. The zero-order chi connectivity index (χ0) is 28.1. The van der Waals surface area contributed by atoms with Crippen LogP contribution < -0.4 is 4.90 Å². The van der Waals surface area contributed by atoms with Gasteiger partial charge in [-0.25, -0.2) is 19.0 Å². The quantitative estimate of drug-likeness (QED) is 0.278. The number of amides is 2. The second-order valence-electron chi connectivity index (χ2n) is 9.82. The van der Waals surface area contributed by atoms with Crippen molar-refractivity contribution in [3.63, 3.8) is 0 Å². The Bertz CT molecular complexity index is 1990. The minimum atomic E-state index is -0.509. The molecule has 10 nitrogen and oxygen atoms in total. The number of aryl methyl sites for hydroxylation is 3. The highest BCUT2D eigenvalue weighted by molar-refractivity contribution is 6.58. The first-order valence-corrected chi connectivity index (χ1v) is 13.1. The van der Waals surface area contributed by atoms with Crippen LogP contribution in [0.25, 0.3) is 33.1 Å². The lowest BCUT2D eigenvalue weighted by molar-refractivity contribution is -0.119. The molecule has 7 rings (SSSR count). The predicted octanol–water partition coefficient (Wildman–Crippen LogP) is 4.23. The summed E-state index contributed by atoms with van der Waals surface area (Å²) in [6, 6.07) is 15.0. The lowest BCUT2D eigenvalue weighted by atomic mass is 9.98. The molecule has 1 aliphatic rings. The van der Waals surface area contributed by atoms with Crippen LogP contribution in [-0.4, -0.2) is 45.9 Å². The van der Waals surface area contributed by atoms with Crippen molar-refractivity contribution < 1.29 is 14.0 Å². The number of imidazole rings is 1. The van der Waals surface area contributed by atoms with Crippen LogP contribution in [0.4, 0.5) is 10.1 Å². The third-order valence-electron chi connectivity index (χ3n) is 7.33. The van der Waals surface area contributed by atoms with E-state index in [1.165, 1.54) is 23.0 Å². The number of para-hydroxylation sites is 1. The number of carbonyl (C=O) groups excluding carboxylic acids is 2. The van der Waals surface area contributed by atoms with Gasteiger partial charge >= 0.3 is 0 Å². The van der Waals surface area contributed by atoms with Gasteiger partial charge in [-0.05, 0) is 42.8 Å². The van der Waals surface area contributed by atoms with Gasteiger partial charge in [0.25, 0.3) is 11.8 Å². The number of anilines is 1. The molecular weight excluding hydrogens is 523 g/mol. The minimum absolute atomic E-state index is 0.138. The van der Waals surface area contributed by atoms with Crippen molar-refractivity contribution in [2.45, 2.75) is 19.5 Å². The van der Waals surface area contributed by atoms with Gasteiger partial charge in [0, 0.05) is 55.2 Å². The fourth-order valence-electron chi connectivity index (χ4n) is 5.49. The number of hydrogen-bond acceptors (Lipinski definition) is 6. The van der Waals surface area contributed by atoms with E-state index in [1.807, 2.05) is 27.6 Å². The third kappa shape index (κ3) is 4.01. The minimum Gasteiger partial charge on any atom is -0.347 e. The number of halogens is 1. The molecule has 0 aliphatic carbocycles. The van der Waals surface area contributed by atoms with Crippen molar-refractivity contribution in [2.24, 2.45) is 7.05 Å². The van der Waals surface area contributed by atoms with E-state index in [1.54, 1.807) is 56.0 Å². The van der Waals surface area contributed by atoms with Gasteiger partial charge in [-0.15, -0.1) is 5.10 Å². The maximum Gasteiger partial charge on any atom is 0.268 e. The largest absolute Gasteiger partial charge is 0.347 e. The third-order valence-corrected chi connectivity index (χ3v) is 7.33. The van der Waals surface area contributed by atoms with Crippen molar-refractivity contribution in [1.82, 2.24) is 34.1 Å². The lowest BCUT2D eigenvalue weighted by Gasteiger charge is -2.14. The fraction of sp³-hybridized carbons (Fsp3) is 0.133. The van der Waals surface area contributed by atoms with E-state index in [2.05, 4.69) is 20.3 Å². The maximum absolute atomic E-state index is 14.7. The molecule has 4 aromatic heterocycles. The monoisotopic (exact) mass is 546 g/mol. The Kier molecular flexibility index (Phi) is 5.77. The highest BCUT2D eigenvalue weighted by Crippen LogP contribution is 2.42. The van der Waals surface area contributed by atoms with Gasteiger partial charge < -0.3 is 9.13 Å². The Morgan fingerprint density at radius 2 is 1.73 bits per heavy atom. The molecule has 0 N–H and O–H groups in total. The number of carbonyl (C=O) groups is 2. The Morgan fingerprint density at radius 3 is 2.54 bits per heavy atom. The number of benzene rings is 2. The second kappa shape index (κ2) is 9.63. The Labute approximate surface area is 233 Å². The molecule has 0 unspecified atom stereocenters. The van der Waals surface area contributed by atoms with Gasteiger partial charge in [0.15, 0.2) is 5.65 Å². The first-order valence-electron chi connectivity index (χ1n) is 13.1. The van der Waals surface area contributed by atoms with Crippen LogP contribution in [0.3, 0.4) is 0 Å². The molecule has 1 aliphatic heterocycles. The number of hydrogen-bond donors (Lipinski definition) is 0. The molecule has 6 aromatic rings. The molecule has 202 valence electrons. The zero-order valence-electron chi connectivity index (χ0n) is 22.0. The van der Waals surface area contributed by atoms with E-state index in [0.717, 1.165) is 23.4 Å². The van der Waals surface area contributed by atoms with Crippen LogP contribution in [-0.2, 0) is 29.7 Å². The summed E-state index contributed by atoms with van der Waals surface area (Å²) in [5.74, 6) is -1.45. The summed E-state index contributed by atoms with van der Waals surface area (Å²) in [5, 5.41) is 13.9. The van der Waals surface area contributed by atoms with Gasteiger partial charge in [0.2, 0.25) is 0 Å². The van der Waals surface area contributed by atoms with Crippen LogP contribution in [0, 0.1) is 5.82 Å². The average molecular weight is 547 g/mol. The summed E-state index contributed by atoms with van der Waals surface area (Å²) in [5.41, 5.74) is 2.76. The summed E-state index contributed by atoms with van der Waals surface area (Å²) in [6.07, 6.45) is 9.51. The molecule has 0 atom stereocenters. The van der Waals surface area contributed by atoms with Crippen LogP contribution >= 0.6 is 0 Å². The highest BCUT2D eigenvalue weighted by atomic mass is 19.1. The molecule has 0 radical (unpaired) electrons. The van der Waals surface area contributed by atoms with E-state index in [-0.39, 0.29) is 11.1 Å². The van der Waals surface area contributed by atoms with E-state index in [9.17, 15) is 14.0 Å². The van der Waals surface area contributed by atoms with Crippen molar-refractivity contribution in [2.75, 3.05) is 4.90 Å². The Hall–Kier alpha value is -5.45. The first kappa shape index (κ1) is 24.6.